The van der Waals surface area contributed by atoms with Gasteiger partial charge in [0.1, 0.15) is 12.4 Å². The third-order valence-corrected chi connectivity index (χ3v) is 5.09. The lowest BCUT2D eigenvalue weighted by Gasteiger charge is -2.12. The fourth-order valence-corrected chi connectivity index (χ4v) is 3.76. The smallest absolute Gasteiger partial charge is 0.335 e. The standard InChI is InChI=1S/C22H20N2O4S/c1-3-12-28-18-11-6-5-8-15(18)14-19-20(25)24(4-2)22(29-19)23-17-10-7-9-16(13-17)21(26)27/h3,5-11,13-14H,1,4,12H2,2H3,(H,26,27)/b19-14-,23-22?. The molecule has 7 heteroatoms. The van der Waals surface area contributed by atoms with E-state index in [1.54, 1.807) is 29.2 Å². The highest BCUT2D eigenvalue weighted by molar-refractivity contribution is 8.18. The minimum atomic E-state index is -1.02. The second kappa shape index (κ2) is 9.25. The molecular weight excluding hydrogens is 388 g/mol. The molecule has 0 atom stereocenters. The number of rotatable bonds is 7. The van der Waals surface area contributed by atoms with E-state index in [2.05, 4.69) is 11.6 Å². The monoisotopic (exact) mass is 408 g/mol. The first-order valence-electron chi connectivity index (χ1n) is 8.99. The molecular formula is C22H20N2O4S. The quantitative estimate of drug-likeness (QED) is 0.536. The van der Waals surface area contributed by atoms with E-state index in [1.807, 2.05) is 31.2 Å². The van der Waals surface area contributed by atoms with Gasteiger partial charge in [0.2, 0.25) is 0 Å². The van der Waals surface area contributed by atoms with Crippen molar-refractivity contribution >= 4 is 40.6 Å². The van der Waals surface area contributed by atoms with E-state index >= 15 is 0 Å². The summed E-state index contributed by atoms with van der Waals surface area (Å²) >= 11 is 1.25. The number of aliphatic imine (C=N–C) groups is 1. The van der Waals surface area contributed by atoms with Crippen molar-refractivity contribution in [3.63, 3.8) is 0 Å². The van der Waals surface area contributed by atoms with Crippen molar-refractivity contribution in [1.29, 1.82) is 0 Å². The largest absolute Gasteiger partial charge is 0.489 e. The molecule has 1 fully saturated rings. The molecule has 0 aliphatic carbocycles. The van der Waals surface area contributed by atoms with E-state index in [-0.39, 0.29) is 11.5 Å². The number of thioether (sulfide) groups is 1. The predicted molar refractivity (Wildman–Crippen MR) is 116 cm³/mol. The molecule has 1 N–H and O–H groups in total. The molecule has 0 unspecified atom stereocenters. The van der Waals surface area contributed by atoms with E-state index in [0.717, 1.165) is 5.56 Å². The molecule has 3 rings (SSSR count). The van der Waals surface area contributed by atoms with Crippen LogP contribution in [0.5, 0.6) is 5.75 Å². The molecule has 0 bridgehead atoms. The highest BCUT2D eigenvalue weighted by Crippen LogP contribution is 2.35. The van der Waals surface area contributed by atoms with Gasteiger partial charge in [-0.2, -0.15) is 0 Å². The second-order valence-electron chi connectivity index (χ2n) is 6.05. The summed E-state index contributed by atoms with van der Waals surface area (Å²) in [6.07, 6.45) is 3.44. The SMILES string of the molecule is C=CCOc1ccccc1/C=C1\SC(=Nc2cccc(C(=O)O)c2)N(CC)C1=O. The Bertz CT molecular complexity index is 1010. The lowest BCUT2D eigenvalue weighted by atomic mass is 10.2. The van der Waals surface area contributed by atoms with Crippen molar-refractivity contribution in [3.8, 4) is 5.75 Å². The molecule has 0 spiro atoms. The van der Waals surface area contributed by atoms with Gasteiger partial charge >= 0.3 is 5.97 Å². The van der Waals surface area contributed by atoms with Crippen molar-refractivity contribution in [1.82, 2.24) is 4.90 Å². The van der Waals surface area contributed by atoms with E-state index in [9.17, 15) is 9.59 Å². The van der Waals surface area contributed by atoms with Crippen molar-refractivity contribution in [2.24, 2.45) is 4.99 Å². The number of para-hydroxylation sites is 1. The van der Waals surface area contributed by atoms with Crippen LogP contribution in [0.1, 0.15) is 22.8 Å². The number of amides is 1. The number of ether oxygens (including phenoxy) is 1. The molecule has 2 aromatic carbocycles. The summed E-state index contributed by atoms with van der Waals surface area (Å²) < 4.78 is 5.66. The van der Waals surface area contributed by atoms with Crippen LogP contribution in [0.4, 0.5) is 5.69 Å². The Morgan fingerprint density at radius 3 is 2.79 bits per heavy atom. The topological polar surface area (TPSA) is 79.2 Å². The zero-order valence-corrected chi connectivity index (χ0v) is 16.7. The Hall–Kier alpha value is -3.32. The Kier molecular flexibility index (Phi) is 6.51. The molecule has 6 nitrogen and oxygen atoms in total. The lowest BCUT2D eigenvalue weighted by Crippen LogP contribution is -2.28. The van der Waals surface area contributed by atoms with Crippen LogP contribution in [0, 0.1) is 0 Å². The normalized spacial score (nSPS) is 16.4. The van der Waals surface area contributed by atoms with Crippen LogP contribution in [0.3, 0.4) is 0 Å². The van der Waals surface area contributed by atoms with Gasteiger partial charge in [0, 0.05) is 12.1 Å². The van der Waals surface area contributed by atoms with Crippen LogP contribution in [0.15, 0.2) is 71.1 Å². The van der Waals surface area contributed by atoms with E-state index in [1.165, 1.54) is 23.9 Å². The molecule has 1 amide bonds. The molecule has 148 valence electrons. The first kappa shape index (κ1) is 20.4. The van der Waals surface area contributed by atoms with Gasteiger partial charge in [0.25, 0.3) is 5.91 Å². The number of carbonyl (C=O) groups excluding carboxylic acids is 1. The summed E-state index contributed by atoms with van der Waals surface area (Å²) in [6.45, 7) is 6.34. The minimum absolute atomic E-state index is 0.147. The number of hydrogen-bond acceptors (Lipinski definition) is 5. The van der Waals surface area contributed by atoms with Gasteiger partial charge in [-0.3, -0.25) is 9.69 Å². The fraction of sp³-hybridized carbons (Fsp3) is 0.136. The van der Waals surface area contributed by atoms with Gasteiger partial charge in [-0.1, -0.05) is 36.9 Å². The molecule has 2 aromatic rings. The van der Waals surface area contributed by atoms with Gasteiger partial charge in [-0.05, 0) is 49.0 Å². The molecule has 1 aliphatic heterocycles. The maximum Gasteiger partial charge on any atom is 0.335 e. The highest BCUT2D eigenvalue weighted by atomic mass is 32.2. The number of nitrogens with zero attached hydrogens (tertiary/aromatic N) is 2. The third-order valence-electron chi connectivity index (χ3n) is 4.08. The van der Waals surface area contributed by atoms with Gasteiger partial charge in [0.15, 0.2) is 5.17 Å². The van der Waals surface area contributed by atoms with E-state index < -0.39 is 5.97 Å². The van der Waals surface area contributed by atoms with E-state index in [4.69, 9.17) is 9.84 Å². The number of amidine groups is 1. The van der Waals surface area contributed by atoms with Crippen molar-refractivity contribution < 1.29 is 19.4 Å². The molecule has 1 saturated heterocycles. The molecule has 0 aromatic heterocycles. The van der Waals surface area contributed by atoms with Gasteiger partial charge in [-0.15, -0.1) is 0 Å². The molecule has 0 radical (unpaired) electrons. The summed E-state index contributed by atoms with van der Waals surface area (Å²) in [7, 11) is 0. The number of carbonyl (C=O) groups is 2. The Morgan fingerprint density at radius 1 is 1.28 bits per heavy atom. The Balaban J connectivity index is 1.94. The number of aromatic carboxylic acids is 1. The van der Waals surface area contributed by atoms with Crippen molar-refractivity contribution in [2.75, 3.05) is 13.2 Å². The average Bonchev–Trinajstić information content (AvgIpc) is 3.01. The first-order valence-corrected chi connectivity index (χ1v) is 9.81. The Labute approximate surface area is 173 Å². The molecule has 1 aliphatic rings. The fourth-order valence-electron chi connectivity index (χ4n) is 2.71. The molecule has 0 saturated carbocycles. The van der Waals surface area contributed by atoms with Gasteiger partial charge in [0.05, 0.1) is 16.2 Å². The van der Waals surface area contributed by atoms with Crippen LogP contribution in [0.2, 0.25) is 0 Å². The zero-order chi connectivity index (χ0) is 20.8. The molecule has 1 heterocycles. The van der Waals surface area contributed by atoms with Crippen LogP contribution in [-0.4, -0.2) is 40.2 Å². The Morgan fingerprint density at radius 2 is 2.07 bits per heavy atom. The number of hydrogen-bond donors (Lipinski definition) is 1. The van der Waals surface area contributed by atoms with Crippen LogP contribution >= 0.6 is 11.8 Å². The summed E-state index contributed by atoms with van der Waals surface area (Å²) in [5.74, 6) is -0.508. The first-order chi connectivity index (χ1) is 14.0. The van der Waals surface area contributed by atoms with E-state index in [0.29, 0.717) is 34.7 Å². The maximum atomic E-state index is 12.8. The second-order valence-corrected chi connectivity index (χ2v) is 7.06. The van der Waals surface area contributed by atoms with Crippen LogP contribution < -0.4 is 4.74 Å². The number of carboxylic acid groups (broad SMARTS) is 1. The summed E-state index contributed by atoms with van der Waals surface area (Å²) in [6, 6.07) is 13.8. The molecule has 29 heavy (non-hydrogen) atoms. The summed E-state index contributed by atoms with van der Waals surface area (Å²) in [5.41, 5.74) is 1.42. The average molecular weight is 408 g/mol. The van der Waals surface area contributed by atoms with Crippen LogP contribution in [0.25, 0.3) is 6.08 Å². The van der Waals surface area contributed by atoms with Crippen molar-refractivity contribution in [3.05, 3.63) is 77.2 Å². The number of benzene rings is 2. The van der Waals surface area contributed by atoms with Crippen LogP contribution in [-0.2, 0) is 4.79 Å². The number of likely N-dealkylation sites (N-methyl/N-ethyl adjacent to an activating group) is 1. The summed E-state index contributed by atoms with van der Waals surface area (Å²) in [4.78, 5) is 30.6. The third kappa shape index (κ3) is 4.75. The number of carboxylic acids is 1. The maximum absolute atomic E-state index is 12.8. The van der Waals surface area contributed by atoms with Crippen molar-refractivity contribution in [2.45, 2.75) is 6.92 Å². The zero-order valence-electron chi connectivity index (χ0n) is 15.9. The lowest BCUT2D eigenvalue weighted by molar-refractivity contribution is -0.122. The predicted octanol–water partition coefficient (Wildman–Crippen LogP) is 4.57. The minimum Gasteiger partial charge on any atom is -0.489 e. The van der Waals surface area contributed by atoms with Gasteiger partial charge in [-0.25, -0.2) is 9.79 Å². The highest BCUT2D eigenvalue weighted by Gasteiger charge is 2.32. The summed E-state index contributed by atoms with van der Waals surface area (Å²) in [5, 5.41) is 9.67. The van der Waals surface area contributed by atoms with Gasteiger partial charge < -0.3 is 9.84 Å².